The van der Waals surface area contributed by atoms with Gasteiger partial charge in [-0.05, 0) is 0 Å². The molecule has 0 aliphatic rings. The van der Waals surface area contributed by atoms with E-state index >= 15 is 0 Å². The predicted molar refractivity (Wildman–Crippen MR) is 27.8 cm³/mol. The van der Waals surface area contributed by atoms with Crippen LogP contribution in [0.4, 0.5) is 48.3 Å². The van der Waals surface area contributed by atoms with Gasteiger partial charge in [0.2, 0.25) is 0 Å². The minimum Gasteiger partial charge on any atom is -0.335 e. The smallest absolute Gasteiger partial charge is 0.335 e. The number of hydrogen-bond acceptors (Lipinski definition) is 1. The second-order valence-corrected chi connectivity index (χ2v) is 2.78. The normalized spacial score (nSPS) is 16.2. The van der Waals surface area contributed by atoms with Crippen LogP contribution in [0.25, 0.3) is 0 Å². The Balaban J connectivity index is 6.37. The molecule has 0 unspecified atom stereocenters. The summed E-state index contributed by atoms with van der Waals surface area (Å²) in [5, 5.41) is 7.44. The standard InChI is InChI=1S/C5HF11O/c6-2(7,8)1(3(9,10)11,4(12,13)14)5(15,16)17/h17H. The maximum atomic E-state index is 11.9. The molecule has 0 amide bonds. The van der Waals surface area contributed by atoms with Gasteiger partial charge in [-0.15, -0.1) is 0 Å². The van der Waals surface area contributed by atoms with Crippen molar-refractivity contribution < 1.29 is 53.4 Å². The lowest BCUT2D eigenvalue weighted by Crippen LogP contribution is -2.68. The Morgan fingerprint density at radius 1 is 0.471 bits per heavy atom. The zero-order valence-corrected chi connectivity index (χ0v) is 7.10. The maximum Gasteiger partial charge on any atom is 0.420 e. The second kappa shape index (κ2) is 3.59. The molecule has 0 bridgehead atoms. The van der Waals surface area contributed by atoms with Gasteiger partial charge in [-0.2, -0.15) is 48.3 Å². The molecule has 0 aliphatic heterocycles. The van der Waals surface area contributed by atoms with Gasteiger partial charge < -0.3 is 5.11 Å². The van der Waals surface area contributed by atoms with E-state index in [0.29, 0.717) is 0 Å². The fraction of sp³-hybridized carbons (Fsp3) is 1.00. The van der Waals surface area contributed by atoms with Crippen molar-refractivity contribution in [2.45, 2.75) is 24.6 Å². The van der Waals surface area contributed by atoms with Gasteiger partial charge in [0.25, 0.3) is 0 Å². The van der Waals surface area contributed by atoms with Gasteiger partial charge in [-0.3, -0.25) is 0 Å². The summed E-state index contributed by atoms with van der Waals surface area (Å²) in [7, 11) is 0. The molecular weight excluding hydrogens is 285 g/mol. The molecule has 1 N–H and O–H groups in total. The van der Waals surface area contributed by atoms with Gasteiger partial charge in [-0.25, -0.2) is 0 Å². The summed E-state index contributed by atoms with van der Waals surface area (Å²) in [6, 6.07) is 0. The largest absolute Gasteiger partial charge is 0.420 e. The Bertz CT molecular complexity index is 213. The van der Waals surface area contributed by atoms with Crippen molar-refractivity contribution in [3.63, 3.8) is 0 Å². The Morgan fingerprint density at radius 2 is 0.647 bits per heavy atom. The van der Waals surface area contributed by atoms with Crippen LogP contribution in [0.5, 0.6) is 0 Å². The van der Waals surface area contributed by atoms with Crippen molar-refractivity contribution in [1.82, 2.24) is 0 Å². The fourth-order valence-electron chi connectivity index (χ4n) is 0.994. The van der Waals surface area contributed by atoms with E-state index in [1.165, 1.54) is 0 Å². The molecule has 17 heavy (non-hydrogen) atoms. The van der Waals surface area contributed by atoms with Crippen molar-refractivity contribution >= 4 is 0 Å². The molecule has 0 saturated carbocycles. The molecule has 0 heterocycles. The lowest BCUT2D eigenvalue weighted by molar-refractivity contribution is -0.509. The lowest BCUT2D eigenvalue weighted by atomic mass is 9.83. The average Bonchev–Trinajstić information content (AvgIpc) is 1.67. The molecule has 0 fully saturated rings. The summed E-state index contributed by atoms with van der Waals surface area (Å²) >= 11 is 0. The molecule has 0 spiro atoms. The van der Waals surface area contributed by atoms with Crippen LogP contribution in [-0.2, 0) is 0 Å². The summed E-state index contributed by atoms with van der Waals surface area (Å²) in [5.74, 6) is 0. The number of rotatable bonds is 1. The first-order valence-electron chi connectivity index (χ1n) is 3.30. The number of hydrogen-bond donors (Lipinski definition) is 1. The van der Waals surface area contributed by atoms with E-state index in [4.69, 9.17) is 5.11 Å². The molecule has 0 saturated heterocycles. The van der Waals surface area contributed by atoms with Crippen LogP contribution in [-0.4, -0.2) is 29.7 Å². The highest BCUT2D eigenvalue weighted by Gasteiger charge is 2.93. The minimum atomic E-state index is -7.53. The molecule has 1 nitrogen and oxygen atoms in total. The third-order valence-electron chi connectivity index (χ3n) is 1.73. The van der Waals surface area contributed by atoms with Gasteiger partial charge in [0.15, 0.2) is 0 Å². The monoisotopic (exact) mass is 286 g/mol. The number of alkyl halides is 11. The quantitative estimate of drug-likeness (QED) is 0.734. The van der Waals surface area contributed by atoms with E-state index in [1.807, 2.05) is 0 Å². The third-order valence-corrected chi connectivity index (χ3v) is 1.73. The van der Waals surface area contributed by atoms with Crippen molar-refractivity contribution in [2.24, 2.45) is 5.41 Å². The SMILES string of the molecule is OC(F)(F)C(C(F)(F)F)(C(F)(F)F)C(F)(F)F. The minimum absolute atomic E-state index is 7.11. The zero-order valence-electron chi connectivity index (χ0n) is 7.10. The van der Waals surface area contributed by atoms with Crippen LogP contribution in [0.15, 0.2) is 0 Å². The highest BCUT2D eigenvalue weighted by Crippen LogP contribution is 2.65. The Kier molecular flexibility index (Phi) is 3.42. The van der Waals surface area contributed by atoms with Crippen LogP contribution in [0.1, 0.15) is 0 Å². The number of halogens is 11. The second-order valence-electron chi connectivity index (χ2n) is 2.78. The fourth-order valence-corrected chi connectivity index (χ4v) is 0.994. The summed E-state index contributed by atoms with van der Waals surface area (Å²) in [4.78, 5) is 0. The average molecular weight is 286 g/mol. The van der Waals surface area contributed by atoms with Crippen molar-refractivity contribution in [3.8, 4) is 0 Å². The molecule has 12 heteroatoms. The lowest BCUT2D eigenvalue weighted by Gasteiger charge is -2.40. The molecule has 0 aromatic heterocycles. The van der Waals surface area contributed by atoms with Gasteiger partial charge in [0.05, 0.1) is 0 Å². The summed E-state index contributed by atoms with van der Waals surface area (Å²) in [6.07, 6.45) is -29.6. The number of aliphatic hydroxyl groups is 1. The van der Waals surface area contributed by atoms with E-state index in [2.05, 4.69) is 0 Å². The van der Waals surface area contributed by atoms with E-state index < -0.39 is 30.1 Å². The highest BCUT2D eigenvalue weighted by molar-refractivity contribution is 5.04. The van der Waals surface area contributed by atoms with Gasteiger partial charge in [-0.1, -0.05) is 0 Å². The van der Waals surface area contributed by atoms with Gasteiger partial charge in [0.1, 0.15) is 0 Å². The zero-order chi connectivity index (χ0) is 14.5. The molecule has 0 aliphatic carbocycles. The Morgan fingerprint density at radius 3 is 0.647 bits per heavy atom. The van der Waals surface area contributed by atoms with Crippen LogP contribution in [0, 0.1) is 5.41 Å². The first-order chi connectivity index (χ1) is 7.00. The molecule has 0 aromatic rings. The first-order valence-corrected chi connectivity index (χ1v) is 3.30. The van der Waals surface area contributed by atoms with E-state index in [0.717, 1.165) is 0 Å². The first kappa shape index (κ1) is 16.2. The van der Waals surface area contributed by atoms with Crippen molar-refractivity contribution in [2.75, 3.05) is 0 Å². The van der Waals surface area contributed by atoms with Crippen LogP contribution < -0.4 is 0 Å². The molecule has 0 radical (unpaired) electrons. The van der Waals surface area contributed by atoms with Crippen molar-refractivity contribution in [1.29, 1.82) is 0 Å². The van der Waals surface area contributed by atoms with E-state index in [9.17, 15) is 48.3 Å². The molecular formula is C5HF11O. The van der Waals surface area contributed by atoms with E-state index in [-0.39, 0.29) is 0 Å². The molecule has 0 aromatic carbocycles. The van der Waals surface area contributed by atoms with Crippen LogP contribution in [0.2, 0.25) is 0 Å². The summed E-state index contributed by atoms with van der Waals surface area (Å²) in [5.41, 5.74) is -7.53. The maximum absolute atomic E-state index is 11.9. The van der Waals surface area contributed by atoms with Gasteiger partial charge in [0, 0.05) is 0 Å². The molecule has 0 rings (SSSR count). The highest BCUT2D eigenvalue weighted by atomic mass is 19.4. The summed E-state index contributed by atoms with van der Waals surface area (Å²) < 4.78 is 130. The summed E-state index contributed by atoms with van der Waals surface area (Å²) in [6.45, 7) is 0. The Labute approximate surface area is 84.8 Å². The Hall–Kier alpha value is -0.810. The van der Waals surface area contributed by atoms with E-state index in [1.54, 1.807) is 0 Å². The third kappa shape index (κ3) is 2.13. The van der Waals surface area contributed by atoms with Crippen molar-refractivity contribution in [3.05, 3.63) is 0 Å². The van der Waals surface area contributed by atoms with Crippen LogP contribution in [0.3, 0.4) is 0 Å². The topological polar surface area (TPSA) is 20.2 Å². The molecule has 0 atom stereocenters. The van der Waals surface area contributed by atoms with Crippen LogP contribution >= 0.6 is 0 Å². The molecule has 104 valence electrons. The van der Waals surface area contributed by atoms with Gasteiger partial charge >= 0.3 is 30.1 Å². The predicted octanol–water partition coefficient (Wildman–Crippen LogP) is 3.24.